The third-order valence-corrected chi connectivity index (χ3v) is 3.05. The number of aliphatic hydroxyl groups is 1. The molecule has 0 saturated heterocycles. The SMILES string of the molecule is C=C(C)SC(=C)C(O)COC1=CC=C(F)CC1. The maximum atomic E-state index is 12.7. The standard InChI is InChI=1S/C13H17FO2S/c1-9(2)17-10(3)13(15)8-16-12-6-4-11(14)5-7-12/h4,6,13,15H,1,3,5,7-8H2,2H3. The molecule has 2 nitrogen and oxygen atoms in total. The summed E-state index contributed by atoms with van der Waals surface area (Å²) >= 11 is 1.34. The summed E-state index contributed by atoms with van der Waals surface area (Å²) < 4.78 is 18.1. The van der Waals surface area contributed by atoms with Crippen LogP contribution >= 0.6 is 11.8 Å². The fourth-order valence-electron chi connectivity index (χ4n) is 1.28. The van der Waals surface area contributed by atoms with Gasteiger partial charge in [0, 0.05) is 17.7 Å². The van der Waals surface area contributed by atoms with Crippen molar-refractivity contribution in [2.45, 2.75) is 25.9 Å². The first-order valence-corrected chi connectivity index (χ1v) is 6.19. The Bertz CT molecular complexity index is 372. The molecule has 1 aliphatic carbocycles. The molecule has 1 unspecified atom stereocenters. The van der Waals surface area contributed by atoms with Crippen LogP contribution in [0.25, 0.3) is 0 Å². The smallest absolute Gasteiger partial charge is 0.118 e. The maximum Gasteiger partial charge on any atom is 0.118 e. The zero-order valence-corrected chi connectivity index (χ0v) is 10.7. The molecule has 0 heterocycles. The molecule has 0 aromatic rings. The maximum absolute atomic E-state index is 12.7. The Hall–Kier alpha value is -1.00. The summed E-state index contributed by atoms with van der Waals surface area (Å²) in [6.45, 7) is 9.46. The van der Waals surface area contributed by atoms with E-state index in [0.717, 1.165) is 4.91 Å². The number of ether oxygens (including phenoxy) is 1. The molecular formula is C13H17FO2S. The molecule has 0 amide bonds. The second kappa shape index (κ2) is 6.67. The van der Waals surface area contributed by atoms with Crippen molar-refractivity contribution in [3.63, 3.8) is 0 Å². The summed E-state index contributed by atoms with van der Waals surface area (Å²) in [5.41, 5.74) is 0. The van der Waals surface area contributed by atoms with E-state index < -0.39 is 6.10 Å². The van der Waals surface area contributed by atoms with Gasteiger partial charge in [0.05, 0.1) is 5.76 Å². The van der Waals surface area contributed by atoms with Crippen LogP contribution in [0.1, 0.15) is 19.8 Å². The molecule has 0 aromatic heterocycles. The summed E-state index contributed by atoms with van der Waals surface area (Å²) in [7, 11) is 0. The highest BCUT2D eigenvalue weighted by molar-refractivity contribution is 8.06. The molecule has 0 spiro atoms. The van der Waals surface area contributed by atoms with E-state index in [-0.39, 0.29) is 12.4 Å². The van der Waals surface area contributed by atoms with Crippen molar-refractivity contribution in [2.75, 3.05) is 6.61 Å². The van der Waals surface area contributed by atoms with Gasteiger partial charge in [0.25, 0.3) is 0 Å². The molecule has 1 aliphatic rings. The van der Waals surface area contributed by atoms with Crippen molar-refractivity contribution in [3.05, 3.63) is 46.7 Å². The average Bonchev–Trinajstić information content (AvgIpc) is 2.27. The van der Waals surface area contributed by atoms with Gasteiger partial charge in [0.2, 0.25) is 0 Å². The predicted molar refractivity (Wildman–Crippen MR) is 70.0 cm³/mol. The molecule has 0 fully saturated rings. The fraction of sp³-hybridized carbons (Fsp3) is 0.385. The Balaban J connectivity index is 2.35. The van der Waals surface area contributed by atoms with Gasteiger partial charge in [-0.3, -0.25) is 0 Å². The Morgan fingerprint density at radius 3 is 2.76 bits per heavy atom. The molecular weight excluding hydrogens is 239 g/mol. The molecule has 0 radical (unpaired) electrons. The highest BCUT2D eigenvalue weighted by Crippen LogP contribution is 2.26. The lowest BCUT2D eigenvalue weighted by Gasteiger charge is -2.17. The second-order valence-electron chi connectivity index (χ2n) is 3.84. The van der Waals surface area contributed by atoms with Gasteiger partial charge in [-0.05, 0) is 24.0 Å². The molecule has 0 saturated carbocycles. The Kier molecular flexibility index (Phi) is 5.51. The molecule has 0 aliphatic heterocycles. The number of rotatable bonds is 6. The largest absolute Gasteiger partial charge is 0.495 e. The minimum absolute atomic E-state index is 0.139. The third-order valence-electron chi connectivity index (χ3n) is 2.16. The topological polar surface area (TPSA) is 29.5 Å². The first-order valence-electron chi connectivity index (χ1n) is 5.37. The fourth-order valence-corrected chi connectivity index (χ4v) is 1.94. The summed E-state index contributed by atoms with van der Waals surface area (Å²) in [5, 5.41) is 9.75. The number of aliphatic hydroxyl groups excluding tert-OH is 1. The Morgan fingerprint density at radius 2 is 2.24 bits per heavy atom. The van der Waals surface area contributed by atoms with Crippen LogP contribution < -0.4 is 0 Å². The van der Waals surface area contributed by atoms with E-state index in [0.29, 0.717) is 23.5 Å². The van der Waals surface area contributed by atoms with Crippen LogP contribution in [-0.2, 0) is 4.74 Å². The first-order chi connectivity index (χ1) is 7.99. The highest BCUT2D eigenvalue weighted by atomic mass is 32.2. The summed E-state index contributed by atoms with van der Waals surface area (Å²) in [4.78, 5) is 1.48. The molecule has 0 bridgehead atoms. The summed E-state index contributed by atoms with van der Waals surface area (Å²) in [6.07, 6.45) is 3.15. The van der Waals surface area contributed by atoms with Crippen LogP contribution in [0.4, 0.5) is 4.39 Å². The minimum atomic E-state index is -0.742. The van der Waals surface area contributed by atoms with Gasteiger partial charge in [-0.15, -0.1) is 0 Å². The molecule has 4 heteroatoms. The van der Waals surface area contributed by atoms with E-state index in [4.69, 9.17) is 4.74 Å². The van der Waals surface area contributed by atoms with E-state index in [1.54, 1.807) is 6.08 Å². The lowest BCUT2D eigenvalue weighted by Crippen LogP contribution is -2.16. The van der Waals surface area contributed by atoms with Gasteiger partial charge in [0.15, 0.2) is 0 Å². The van der Waals surface area contributed by atoms with E-state index in [9.17, 15) is 9.50 Å². The number of hydrogen-bond acceptors (Lipinski definition) is 3. The lowest BCUT2D eigenvalue weighted by molar-refractivity contribution is 0.0946. The third kappa shape index (κ3) is 5.24. The molecule has 0 aromatic carbocycles. The van der Waals surface area contributed by atoms with E-state index in [1.165, 1.54) is 17.8 Å². The van der Waals surface area contributed by atoms with Gasteiger partial charge in [-0.25, -0.2) is 4.39 Å². The van der Waals surface area contributed by atoms with Crippen LogP contribution in [0, 0.1) is 0 Å². The lowest BCUT2D eigenvalue weighted by atomic mass is 10.1. The van der Waals surface area contributed by atoms with Crippen LogP contribution in [-0.4, -0.2) is 17.8 Å². The van der Waals surface area contributed by atoms with E-state index >= 15 is 0 Å². The minimum Gasteiger partial charge on any atom is -0.495 e. The molecule has 17 heavy (non-hydrogen) atoms. The van der Waals surface area contributed by atoms with Gasteiger partial charge >= 0.3 is 0 Å². The van der Waals surface area contributed by atoms with Gasteiger partial charge in [-0.2, -0.15) is 0 Å². The Morgan fingerprint density at radius 1 is 1.53 bits per heavy atom. The summed E-state index contributed by atoms with van der Waals surface area (Å²) in [5.74, 6) is 0.554. The normalized spacial score (nSPS) is 16.9. The van der Waals surface area contributed by atoms with Crippen molar-refractivity contribution in [1.82, 2.24) is 0 Å². The highest BCUT2D eigenvalue weighted by Gasteiger charge is 2.13. The van der Waals surface area contributed by atoms with Crippen molar-refractivity contribution >= 4 is 11.8 Å². The van der Waals surface area contributed by atoms with Crippen molar-refractivity contribution < 1.29 is 14.2 Å². The number of halogens is 1. The molecule has 1 atom stereocenters. The zero-order valence-electron chi connectivity index (χ0n) is 9.91. The average molecular weight is 256 g/mol. The molecule has 1 rings (SSSR count). The predicted octanol–water partition coefficient (Wildman–Crippen LogP) is 3.68. The van der Waals surface area contributed by atoms with Gasteiger partial charge < -0.3 is 9.84 Å². The quantitative estimate of drug-likeness (QED) is 0.786. The Labute approximate surface area is 106 Å². The number of allylic oxidation sites excluding steroid dienone is 5. The van der Waals surface area contributed by atoms with E-state index in [2.05, 4.69) is 13.2 Å². The number of thioether (sulfide) groups is 1. The second-order valence-corrected chi connectivity index (χ2v) is 5.27. The van der Waals surface area contributed by atoms with Crippen molar-refractivity contribution in [2.24, 2.45) is 0 Å². The molecule has 94 valence electrons. The molecule has 1 N–H and O–H groups in total. The zero-order chi connectivity index (χ0) is 12.8. The van der Waals surface area contributed by atoms with Gasteiger partial charge in [0.1, 0.15) is 18.5 Å². The first kappa shape index (κ1) is 14.1. The van der Waals surface area contributed by atoms with Crippen molar-refractivity contribution in [1.29, 1.82) is 0 Å². The van der Waals surface area contributed by atoms with Crippen LogP contribution in [0.3, 0.4) is 0 Å². The van der Waals surface area contributed by atoms with E-state index in [1.807, 2.05) is 6.92 Å². The van der Waals surface area contributed by atoms with Crippen LogP contribution in [0.2, 0.25) is 0 Å². The van der Waals surface area contributed by atoms with Crippen LogP contribution in [0.5, 0.6) is 0 Å². The van der Waals surface area contributed by atoms with Crippen molar-refractivity contribution in [3.8, 4) is 0 Å². The monoisotopic (exact) mass is 256 g/mol. The van der Waals surface area contributed by atoms with Gasteiger partial charge in [-0.1, -0.05) is 24.9 Å². The van der Waals surface area contributed by atoms with Crippen LogP contribution in [0.15, 0.2) is 46.7 Å². The summed E-state index contributed by atoms with van der Waals surface area (Å²) in [6, 6.07) is 0. The number of hydrogen-bond donors (Lipinski definition) is 1.